The third-order valence-electron chi connectivity index (χ3n) is 0. The molecule has 0 aromatic carbocycles. The number of aliphatic hydroxyl groups is 1. The normalized spacial score (nSPS) is 5.38. The summed E-state index contributed by atoms with van der Waals surface area (Å²) in [5, 5.41) is 15.0. The van der Waals surface area contributed by atoms with Crippen molar-refractivity contribution in [1.82, 2.24) is 0 Å². The smallest absolute Gasteiger partial charge is 0.300 e. The molecule has 0 heterocycles. The standard InChI is InChI=1S/C2H4O2.C2H6O.U/c1-2(3)4;1-2-3;/h1H3,(H,3,4);3H,2H2,1H3;. The van der Waals surface area contributed by atoms with Crippen LogP contribution in [0.1, 0.15) is 13.8 Å². The van der Waals surface area contributed by atoms with E-state index >= 15 is 0 Å². The fraction of sp³-hybridized carbons (Fsp3) is 0.750. The molecule has 2 N–H and O–H groups in total. The van der Waals surface area contributed by atoms with Crippen molar-refractivity contribution in [3.05, 3.63) is 0 Å². The van der Waals surface area contributed by atoms with E-state index in [1.54, 1.807) is 6.92 Å². The van der Waals surface area contributed by atoms with Crippen LogP contribution in [0.5, 0.6) is 0 Å². The fourth-order valence-electron chi connectivity index (χ4n) is 0. The van der Waals surface area contributed by atoms with Gasteiger partial charge in [0.15, 0.2) is 0 Å². The average molecular weight is 344 g/mol. The molecule has 0 radical (unpaired) electrons. The molecule has 0 fully saturated rings. The third-order valence-corrected chi connectivity index (χ3v) is 0. The van der Waals surface area contributed by atoms with Crippen molar-refractivity contribution < 1.29 is 46.1 Å². The summed E-state index contributed by atoms with van der Waals surface area (Å²) in [5.41, 5.74) is 0. The van der Waals surface area contributed by atoms with Crippen LogP contribution >= 0.6 is 0 Å². The number of carboxylic acids is 1. The Kier molecular flexibility index (Phi) is 30.9. The van der Waals surface area contributed by atoms with E-state index in [-0.39, 0.29) is 37.7 Å². The second-order valence-electron chi connectivity index (χ2n) is 0.835. The topological polar surface area (TPSA) is 57.5 Å². The van der Waals surface area contributed by atoms with Crippen LogP contribution in [0.2, 0.25) is 0 Å². The first-order valence-corrected chi connectivity index (χ1v) is 1.95. The van der Waals surface area contributed by atoms with Gasteiger partial charge in [0.25, 0.3) is 5.97 Å². The van der Waals surface area contributed by atoms with Crippen LogP contribution in [0.3, 0.4) is 0 Å². The van der Waals surface area contributed by atoms with E-state index in [0.717, 1.165) is 6.92 Å². The van der Waals surface area contributed by atoms with Gasteiger partial charge in [0.1, 0.15) is 0 Å². The van der Waals surface area contributed by atoms with Gasteiger partial charge in [0.05, 0.1) is 0 Å². The van der Waals surface area contributed by atoms with Crippen molar-refractivity contribution in [3.63, 3.8) is 0 Å². The number of carbonyl (C=O) groups is 1. The van der Waals surface area contributed by atoms with Crippen LogP contribution in [-0.4, -0.2) is 22.8 Å². The largest absolute Gasteiger partial charge is 0.481 e. The number of aliphatic carboxylic acids is 1. The maximum Gasteiger partial charge on any atom is 0.300 e. The second-order valence-corrected chi connectivity index (χ2v) is 0.835. The molecule has 0 aliphatic carbocycles. The van der Waals surface area contributed by atoms with Crippen LogP contribution in [0, 0.1) is 31.1 Å². The summed E-state index contributed by atoms with van der Waals surface area (Å²) in [6.45, 7) is 3.01. The van der Waals surface area contributed by atoms with E-state index in [2.05, 4.69) is 0 Å². The summed E-state index contributed by atoms with van der Waals surface area (Å²) < 4.78 is 0. The maximum atomic E-state index is 9.00. The van der Waals surface area contributed by atoms with Crippen molar-refractivity contribution in [2.24, 2.45) is 0 Å². The Morgan fingerprint density at radius 1 is 1.62 bits per heavy atom. The number of hydrogen-bond acceptors (Lipinski definition) is 2. The molecule has 0 aliphatic heterocycles. The van der Waals surface area contributed by atoms with Gasteiger partial charge in [-0.15, -0.1) is 0 Å². The van der Waals surface area contributed by atoms with E-state index < -0.39 is 5.97 Å². The zero-order valence-electron chi connectivity index (χ0n) is 5.01. The zero-order chi connectivity index (χ0) is 6.28. The molecule has 0 aliphatic rings. The first-order chi connectivity index (χ1) is 3.15. The number of rotatable bonds is 0. The summed E-state index contributed by atoms with van der Waals surface area (Å²) in [6.07, 6.45) is 0. The molecule has 0 saturated heterocycles. The summed E-state index contributed by atoms with van der Waals surface area (Å²) in [5.74, 6) is -0.833. The molecular weight excluding hydrogens is 334 g/mol. The van der Waals surface area contributed by atoms with Crippen molar-refractivity contribution in [2.75, 3.05) is 6.61 Å². The average Bonchev–Trinajstić information content (AvgIpc) is 1.33. The summed E-state index contributed by atoms with van der Waals surface area (Å²) in [6, 6.07) is 0. The van der Waals surface area contributed by atoms with Gasteiger partial charge in [-0.2, -0.15) is 0 Å². The van der Waals surface area contributed by atoms with Gasteiger partial charge >= 0.3 is 0 Å². The van der Waals surface area contributed by atoms with Gasteiger partial charge in [-0.1, -0.05) is 0 Å². The van der Waals surface area contributed by atoms with E-state index in [4.69, 9.17) is 15.0 Å². The number of aliphatic hydroxyl groups excluding tert-OH is 1. The van der Waals surface area contributed by atoms with Gasteiger partial charge in [-0.3, -0.25) is 4.79 Å². The summed E-state index contributed by atoms with van der Waals surface area (Å²) in [4.78, 5) is 9.00. The van der Waals surface area contributed by atoms with Crippen LogP contribution in [0.25, 0.3) is 0 Å². The molecule has 0 bridgehead atoms. The SMILES string of the molecule is CC(=O)O.CCO.[U]. The predicted molar refractivity (Wildman–Crippen MR) is 26.1 cm³/mol. The van der Waals surface area contributed by atoms with Gasteiger partial charge < -0.3 is 10.2 Å². The fourth-order valence-corrected chi connectivity index (χ4v) is 0. The van der Waals surface area contributed by atoms with Crippen LogP contribution in [-0.2, 0) is 4.79 Å². The molecule has 0 aromatic heterocycles. The summed E-state index contributed by atoms with van der Waals surface area (Å²) in [7, 11) is 0. The quantitative estimate of drug-likeness (QED) is 0.655. The van der Waals surface area contributed by atoms with Gasteiger partial charge in [0.2, 0.25) is 0 Å². The molecule has 0 atom stereocenters. The molecule has 0 amide bonds. The monoisotopic (exact) mass is 344 g/mol. The first kappa shape index (κ1) is 15.8. The van der Waals surface area contributed by atoms with Crippen molar-refractivity contribution >= 4 is 5.97 Å². The maximum absolute atomic E-state index is 9.00. The molecule has 8 heavy (non-hydrogen) atoms. The molecule has 0 rings (SSSR count). The van der Waals surface area contributed by atoms with Crippen LogP contribution < -0.4 is 0 Å². The van der Waals surface area contributed by atoms with Crippen molar-refractivity contribution in [2.45, 2.75) is 13.8 Å². The Bertz CT molecular complexity index is 42.5. The second kappa shape index (κ2) is 15.6. The van der Waals surface area contributed by atoms with Gasteiger partial charge in [-0.25, -0.2) is 0 Å². The minimum absolute atomic E-state index is 0. The van der Waals surface area contributed by atoms with E-state index in [9.17, 15) is 0 Å². The zero-order valence-corrected chi connectivity index (χ0v) is 9.17. The van der Waals surface area contributed by atoms with Gasteiger partial charge in [-0.05, 0) is 6.92 Å². The molecule has 0 saturated carbocycles. The van der Waals surface area contributed by atoms with Gasteiger partial charge in [0, 0.05) is 44.6 Å². The van der Waals surface area contributed by atoms with E-state index in [0.29, 0.717) is 0 Å². The van der Waals surface area contributed by atoms with E-state index in [1.807, 2.05) is 0 Å². The Balaban J connectivity index is -0.0000000575. The molecule has 3 nitrogen and oxygen atoms in total. The Morgan fingerprint density at radius 3 is 1.62 bits per heavy atom. The Morgan fingerprint density at radius 2 is 1.62 bits per heavy atom. The molecule has 0 aromatic rings. The first-order valence-electron chi connectivity index (χ1n) is 1.95. The minimum atomic E-state index is -0.833. The molecule has 0 spiro atoms. The van der Waals surface area contributed by atoms with Crippen molar-refractivity contribution in [1.29, 1.82) is 0 Å². The minimum Gasteiger partial charge on any atom is -0.481 e. The molecular formula is C4H10O3U. The third kappa shape index (κ3) is 839. The molecule has 0 unspecified atom stereocenters. The number of hydrogen-bond donors (Lipinski definition) is 2. The van der Waals surface area contributed by atoms with Crippen LogP contribution in [0.15, 0.2) is 0 Å². The molecule has 4 heteroatoms. The van der Waals surface area contributed by atoms with Crippen molar-refractivity contribution in [3.8, 4) is 0 Å². The Labute approximate surface area is 72.5 Å². The molecule has 48 valence electrons. The Hall–Kier alpha value is 0.482. The summed E-state index contributed by atoms with van der Waals surface area (Å²) >= 11 is 0. The predicted octanol–water partition coefficient (Wildman–Crippen LogP) is 0.0895. The van der Waals surface area contributed by atoms with Crippen LogP contribution in [0.4, 0.5) is 0 Å². The van der Waals surface area contributed by atoms with E-state index in [1.165, 1.54) is 0 Å². The number of carboxylic acid groups (broad SMARTS) is 1.